The van der Waals surface area contributed by atoms with Gasteiger partial charge in [-0.1, -0.05) is 0 Å². The first kappa shape index (κ1) is 18.9. The molecule has 1 aromatic carbocycles. The van der Waals surface area contributed by atoms with Crippen molar-refractivity contribution < 1.29 is 23.8 Å². The molecule has 9 heteroatoms. The average Bonchev–Trinajstić information content (AvgIpc) is 3.05. The third kappa shape index (κ3) is 3.89. The molecule has 0 radical (unpaired) electrons. The Morgan fingerprint density at radius 1 is 1.17 bits per heavy atom. The maximum absolute atomic E-state index is 12.4. The van der Waals surface area contributed by atoms with E-state index in [0.717, 1.165) is 12.1 Å². The van der Waals surface area contributed by atoms with Crippen molar-refractivity contribution in [3.8, 4) is 11.5 Å². The number of aromatic nitrogens is 4. The number of hydrogen-bond acceptors (Lipinski definition) is 8. The molecular formula is C20H20N4O5. The largest absolute Gasteiger partial charge is 0.490 e. The monoisotopic (exact) mass is 396 g/mol. The molecule has 0 fully saturated rings. The highest BCUT2D eigenvalue weighted by Gasteiger charge is 2.18. The predicted molar refractivity (Wildman–Crippen MR) is 101 cm³/mol. The Kier molecular flexibility index (Phi) is 5.11. The van der Waals surface area contributed by atoms with Crippen molar-refractivity contribution in [2.24, 2.45) is 0 Å². The number of hydrogen-bond donors (Lipinski definition) is 0. The molecule has 4 rings (SSSR count). The Bertz CT molecular complexity index is 1090. The summed E-state index contributed by atoms with van der Waals surface area (Å²) in [6.07, 6.45) is 2.18. The Morgan fingerprint density at radius 2 is 1.97 bits per heavy atom. The number of Topliss-reactive ketones (excluding diaryl/α,β-unsaturated/α-hetero) is 1. The molecule has 0 amide bonds. The summed E-state index contributed by atoms with van der Waals surface area (Å²) in [6.45, 7) is 4.39. The Morgan fingerprint density at radius 3 is 2.79 bits per heavy atom. The van der Waals surface area contributed by atoms with Gasteiger partial charge in [0, 0.05) is 28.9 Å². The van der Waals surface area contributed by atoms with Crippen LogP contribution in [0.2, 0.25) is 0 Å². The van der Waals surface area contributed by atoms with Crippen LogP contribution in [0.15, 0.2) is 24.5 Å². The van der Waals surface area contributed by atoms with Gasteiger partial charge in [-0.15, -0.1) is 0 Å². The van der Waals surface area contributed by atoms with E-state index >= 15 is 0 Å². The van der Waals surface area contributed by atoms with E-state index < -0.39 is 5.97 Å². The highest BCUT2D eigenvalue weighted by Crippen LogP contribution is 2.30. The molecule has 0 atom stereocenters. The minimum atomic E-state index is -0.514. The third-order valence-corrected chi connectivity index (χ3v) is 4.74. The fourth-order valence-corrected chi connectivity index (χ4v) is 3.17. The Balaban J connectivity index is 1.41. The van der Waals surface area contributed by atoms with Crippen LogP contribution in [-0.4, -0.2) is 51.2 Å². The number of benzene rings is 1. The summed E-state index contributed by atoms with van der Waals surface area (Å²) in [5, 5.41) is 4.10. The number of rotatable bonds is 5. The summed E-state index contributed by atoms with van der Waals surface area (Å²) in [7, 11) is 0. The van der Waals surface area contributed by atoms with E-state index in [1.54, 1.807) is 29.6 Å². The number of esters is 1. The molecular weight excluding hydrogens is 376 g/mol. The summed E-state index contributed by atoms with van der Waals surface area (Å²) >= 11 is 0. The Labute approximate surface area is 166 Å². The van der Waals surface area contributed by atoms with Crippen LogP contribution in [0.4, 0.5) is 0 Å². The minimum Gasteiger partial charge on any atom is -0.490 e. The van der Waals surface area contributed by atoms with Crippen LogP contribution in [0.3, 0.4) is 0 Å². The zero-order valence-electron chi connectivity index (χ0n) is 16.2. The fraction of sp³-hybridized carbons (Fsp3) is 0.350. The second-order valence-corrected chi connectivity index (χ2v) is 6.71. The molecule has 1 aliphatic heterocycles. The normalized spacial score (nSPS) is 13.2. The number of carbonyl (C=O) groups is 2. The summed E-state index contributed by atoms with van der Waals surface area (Å²) < 4.78 is 17.9. The zero-order valence-corrected chi connectivity index (χ0v) is 16.2. The van der Waals surface area contributed by atoms with E-state index in [2.05, 4.69) is 15.1 Å². The maximum atomic E-state index is 12.4. The van der Waals surface area contributed by atoms with Crippen molar-refractivity contribution in [2.45, 2.75) is 26.7 Å². The third-order valence-electron chi connectivity index (χ3n) is 4.74. The minimum absolute atomic E-state index is 0.00507. The van der Waals surface area contributed by atoms with Crippen molar-refractivity contribution in [1.82, 2.24) is 19.6 Å². The van der Waals surface area contributed by atoms with Crippen molar-refractivity contribution in [2.75, 3.05) is 19.8 Å². The van der Waals surface area contributed by atoms with Crippen molar-refractivity contribution in [3.05, 3.63) is 47.0 Å². The molecule has 0 bridgehead atoms. The molecule has 3 aromatic rings. The zero-order chi connectivity index (χ0) is 20.4. The topological polar surface area (TPSA) is 105 Å². The molecule has 0 saturated heterocycles. The number of carbonyl (C=O) groups excluding carboxylic acids is 2. The molecule has 0 spiro atoms. The van der Waals surface area contributed by atoms with Gasteiger partial charge in [-0.3, -0.25) is 9.59 Å². The molecule has 2 aromatic heterocycles. The molecule has 0 saturated carbocycles. The van der Waals surface area contributed by atoms with Crippen LogP contribution in [0.1, 0.15) is 33.7 Å². The average molecular weight is 396 g/mol. The van der Waals surface area contributed by atoms with Crippen molar-refractivity contribution >= 4 is 17.5 Å². The standard InChI is InChI=1S/C20H20N4O5/c1-12-15(13(2)24-20(23-12)21-11-22-24)9-19(26)29-10-16(25)14-4-5-17-18(8-14)28-7-3-6-27-17/h4-5,8,11H,3,6-7,9-10H2,1-2H3. The van der Waals surface area contributed by atoms with E-state index in [4.69, 9.17) is 14.2 Å². The lowest BCUT2D eigenvalue weighted by atomic mass is 10.1. The van der Waals surface area contributed by atoms with E-state index in [9.17, 15) is 9.59 Å². The fourth-order valence-electron chi connectivity index (χ4n) is 3.17. The van der Waals surface area contributed by atoms with Crippen LogP contribution in [0.25, 0.3) is 5.78 Å². The molecule has 29 heavy (non-hydrogen) atoms. The first-order chi connectivity index (χ1) is 14.0. The summed E-state index contributed by atoms with van der Waals surface area (Å²) in [5.41, 5.74) is 2.54. The second kappa shape index (κ2) is 7.86. The van der Waals surface area contributed by atoms with Crippen LogP contribution in [-0.2, 0) is 16.0 Å². The summed E-state index contributed by atoms with van der Waals surface area (Å²) in [5.74, 6) is 0.783. The van der Waals surface area contributed by atoms with Crippen LogP contribution >= 0.6 is 0 Å². The van der Waals surface area contributed by atoms with Crippen molar-refractivity contribution in [1.29, 1.82) is 0 Å². The smallest absolute Gasteiger partial charge is 0.310 e. The molecule has 0 aliphatic carbocycles. The Hall–Kier alpha value is -3.49. The first-order valence-corrected chi connectivity index (χ1v) is 9.27. The van der Waals surface area contributed by atoms with Crippen LogP contribution < -0.4 is 9.47 Å². The maximum Gasteiger partial charge on any atom is 0.310 e. The molecule has 9 nitrogen and oxygen atoms in total. The second-order valence-electron chi connectivity index (χ2n) is 6.71. The first-order valence-electron chi connectivity index (χ1n) is 9.27. The molecule has 3 heterocycles. The summed E-state index contributed by atoms with van der Waals surface area (Å²) in [4.78, 5) is 33.1. The van der Waals surface area contributed by atoms with Crippen molar-refractivity contribution in [3.63, 3.8) is 0 Å². The van der Waals surface area contributed by atoms with Crippen LogP contribution in [0.5, 0.6) is 11.5 Å². The van der Waals surface area contributed by atoms with Gasteiger partial charge in [-0.2, -0.15) is 10.1 Å². The molecule has 150 valence electrons. The van der Waals surface area contributed by atoms with E-state index in [1.165, 1.54) is 6.33 Å². The van der Waals surface area contributed by atoms with E-state index in [1.807, 2.05) is 6.92 Å². The summed E-state index contributed by atoms with van der Waals surface area (Å²) in [6, 6.07) is 4.95. The van der Waals surface area contributed by atoms with Gasteiger partial charge in [0.05, 0.1) is 19.6 Å². The predicted octanol–water partition coefficient (Wildman–Crippen LogP) is 1.87. The van der Waals surface area contributed by atoms with E-state index in [0.29, 0.717) is 47.3 Å². The lowest BCUT2D eigenvalue weighted by Crippen LogP contribution is -2.18. The van der Waals surface area contributed by atoms with Gasteiger partial charge >= 0.3 is 5.97 Å². The number of aryl methyl sites for hydroxylation is 2. The molecule has 0 N–H and O–H groups in total. The van der Waals surface area contributed by atoms with E-state index in [-0.39, 0.29) is 18.8 Å². The molecule has 0 unspecified atom stereocenters. The highest BCUT2D eigenvalue weighted by molar-refractivity contribution is 5.98. The number of nitrogens with zero attached hydrogens (tertiary/aromatic N) is 4. The number of fused-ring (bicyclic) bond motifs is 2. The van der Waals surface area contributed by atoms with Gasteiger partial charge < -0.3 is 14.2 Å². The highest BCUT2D eigenvalue weighted by atomic mass is 16.5. The van der Waals surface area contributed by atoms with Gasteiger partial charge in [-0.05, 0) is 32.0 Å². The molecule has 1 aliphatic rings. The quantitative estimate of drug-likeness (QED) is 0.475. The SMILES string of the molecule is Cc1nc2ncnn2c(C)c1CC(=O)OCC(=O)c1ccc2c(c1)OCCCO2. The van der Waals surface area contributed by atoms with Gasteiger partial charge in [0.25, 0.3) is 5.78 Å². The van der Waals surface area contributed by atoms with Gasteiger partial charge in [0.15, 0.2) is 23.9 Å². The van der Waals surface area contributed by atoms with Gasteiger partial charge in [-0.25, -0.2) is 9.50 Å². The number of ether oxygens (including phenoxy) is 3. The van der Waals surface area contributed by atoms with Gasteiger partial charge in [0.2, 0.25) is 0 Å². The lowest BCUT2D eigenvalue weighted by Gasteiger charge is -2.11. The van der Waals surface area contributed by atoms with Gasteiger partial charge in [0.1, 0.15) is 6.33 Å². The number of ketones is 1. The van der Waals surface area contributed by atoms with Crippen LogP contribution in [0, 0.1) is 13.8 Å². The lowest BCUT2D eigenvalue weighted by molar-refractivity contribution is -0.141.